The second kappa shape index (κ2) is 11.7. The Morgan fingerprint density at radius 2 is 1.69 bits per heavy atom. The van der Waals surface area contributed by atoms with Crippen LogP contribution >= 0.6 is 11.3 Å². The lowest BCUT2D eigenvalue weighted by molar-refractivity contribution is -0.136. The molecule has 1 unspecified atom stereocenters. The fraction of sp³-hybridized carbons (Fsp3) is 0.206. The molecule has 6 rings (SSSR count). The molecule has 1 atom stereocenters. The number of methoxy groups -OCH3 is 2. The number of nitrogens with zero attached hydrogens (tertiary/aromatic N) is 3. The van der Waals surface area contributed by atoms with E-state index in [0.717, 1.165) is 22.5 Å². The van der Waals surface area contributed by atoms with Gasteiger partial charge in [-0.25, -0.2) is 9.79 Å². The Morgan fingerprint density at radius 3 is 2.38 bits per heavy atom. The first kappa shape index (κ1) is 29.8. The van der Waals surface area contributed by atoms with Gasteiger partial charge in [0.15, 0.2) is 16.3 Å². The second-order valence-electron chi connectivity index (χ2n) is 10.7. The highest BCUT2D eigenvalue weighted by Gasteiger charge is 2.37. The highest BCUT2D eigenvalue weighted by Crippen LogP contribution is 2.38. The topological polar surface area (TPSA) is 117 Å². The lowest BCUT2D eigenvalue weighted by atomic mass is 9.95. The Hall–Kier alpha value is -5.29. The smallest absolute Gasteiger partial charge is 0.338 e. The van der Waals surface area contributed by atoms with Gasteiger partial charge in [-0.15, -0.1) is 0 Å². The summed E-state index contributed by atoms with van der Waals surface area (Å²) in [4.78, 5) is 59.9. The molecule has 0 saturated heterocycles. The Balaban J connectivity index is 1.56. The summed E-state index contributed by atoms with van der Waals surface area (Å²) in [6, 6.07) is 19.2. The SMILES string of the molecule is COC(=O)C1=C(C)N=c2s/c(=C3\C(=O)N(Cc4ccc(C)cc4)c4ccccc43)c(=O)n2C1c1ccc(OC(C)=O)c(OC)c1. The zero-order valence-corrected chi connectivity index (χ0v) is 26.1. The molecule has 2 aliphatic heterocycles. The molecule has 0 fully saturated rings. The van der Waals surface area contributed by atoms with Gasteiger partial charge in [-0.05, 0) is 43.2 Å². The van der Waals surface area contributed by atoms with E-state index in [4.69, 9.17) is 14.2 Å². The van der Waals surface area contributed by atoms with Crippen LogP contribution in [0.15, 0.2) is 87.8 Å². The van der Waals surface area contributed by atoms with E-state index in [1.54, 1.807) is 24.0 Å². The van der Waals surface area contributed by atoms with E-state index >= 15 is 0 Å². The van der Waals surface area contributed by atoms with Crippen LogP contribution in [0.25, 0.3) is 5.57 Å². The number of rotatable bonds is 6. The number of aromatic nitrogens is 1. The number of benzene rings is 3. The number of esters is 2. The highest BCUT2D eigenvalue weighted by molar-refractivity contribution is 7.07. The molecule has 3 heterocycles. The Labute approximate surface area is 262 Å². The Bertz CT molecular complexity index is 2110. The number of hydrogen-bond donors (Lipinski definition) is 0. The van der Waals surface area contributed by atoms with Crippen molar-refractivity contribution in [3.8, 4) is 11.5 Å². The van der Waals surface area contributed by atoms with E-state index in [1.807, 2.05) is 55.5 Å². The van der Waals surface area contributed by atoms with Crippen LogP contribution in [0, 0.1) is 6.92 Å². The summed E-state index contributed by atoms with van der Waals surface area (Å²) in [7, 11) is 2.68. The van der Waals surface area contributed by atoms with Gasteiger partial charge in [0.05, 0.1) is 49.3 Å². The lowest BCUT2D eigenvalue weighted by Crippen LogP contribution is -2.40. The standard InChI is InChI=1S/C34H29N3O7S/c1-18-10-12-21(13-11-18)17-36-24-9-7-6-8-23(24)28(31(36)39)30-32(40)37-29(27(33(41)43-5)19(2)35-34(37)45-30)22-14-15-25(44-20(3)38)26(16-22)42-4/h6-16,29H,17H2,1-5H3/b30-28-. The first-order valence-corrected chi connectivity index (χ1v) is 14.9. The fourth-order valence-corrected chi connectivity index (χ4v) is 6.82. The number of anilines is 1. The summed E-state index contributed by atoms with van der Waals surface area (Å²) in [6.07, 6.45) is 0. The van der Waals surface area contributed by atoms with E-state index < -0.39 is 23.5 Å². The van der Waals surface area contributed by atoms with Crippen LogP contribution < -0.4 is 29.3 Å². The third-order valence-electron chi connectivity index (χ3n) is 7.77. The molecular formula is C34H29N3O7S. The van der Waals surface area contributed by atoms with Crippen molar-refractivity contribution in [1.82, 2.24) is 4.57 Å². The van der Waals surface area contributed by atoms with Gasteiger partial charge in [0.25, 0.3) is 11.5 Å². The first-order valence-electron chi connectivity index (χ1n) is 14.1. The molecule has 1 aromatic heterocycles. The highest BCUT2D eigenvalue weighted by atomic mass is 32.1. The number of aryl methyl sites for hydroxylation is 1. The predicted octanol–water partition coefficient (Wildman–Crippen LogP) is 3.57. The minimum Gasteiger partial charge on any atom is -0.493 e. The molecule has 0 bridgehead atoms. The summed E-state index contributed by atoms with van der Waals surface area (Å²) in [5.74, 6) is -1.06. The largest absolute Gasteiger partial charge is 0.493 e. The fourth-order valence-electron chi connectivity index (χ4n) is 5.68. The number of fused-ring (bicyclic) bond motifs is 2. The molecule has 0 aliphatic carbocycles. The molecule has 0 radical (unpaired) electrons. The maximum absolute atomic E-state index is 14.4. The number of amides is 1. The third-order valence-corrected chi connectivity index (χ3v) is 8.82. The van der Waals surface area contributed by atoms with Crippen molar-refractivity contribution < 1.29 is 28.6 Å². The molecule has 45 heavy (non-hydrogen) atoms. The predicted molar refractivity (Wildman–Crippen MR) is 168 cm³/mol. The average Bonchev–Trinajstić information content (AvgIpc) is 3.49. The molecule has 3 aromatic carbocycles. The summed E-state index contributed by atoms with van der Waals surface area (Å²) < 4.78 is 17.5. The van der Waals surface area contributed by atoms with Gasteiger partial charge in [-0.2, -0.15) is 0 Å². The first-order chi connectivity index (χ1) is 21.6. The molecule has 2 aliphatic rings. The number of ether oxygens (including phenoxy) is 3. The van der Waals surface area contributed by atoms with E-state index in [2.05, 4.69) is 4.99 Å². The zero-order chi connectivity index (χ0) is 32.0. The maximum Gasteiger partial charge on any atom is 0.338 e. The van der Waals surface area contributed by atoms with E-state index in [9.17, 15) is 19.2 Å². The number of hydrogen-bond acceptors (Lipinski definition) is 9. The van der Waals surface area contributed by atoms with Gasteiger partial charge in [-0.3, -0.25) is 19.0 Å². The summed E-state index contributed by atoms with van der Waals surface area (Å²) >= 11 is 1.09. The minimum atomic E-state index is -0.960. The normalized spacial score (nSPS) is 16.6. The Kier molecular flexibility index (Phi) is 7.71. The molecule has 0 saturated carbocycles. The van der Waals surface area contributed by atoms with Crippen LogP contribution in [0.2, 0.25) is 0 Å². The molecule has 10 nitrogen and oxygen atoms in total. The molecule has 4 aromatic rings. The van der Waals surface area contributed by atoms with E-state index in [0.29, 0.717) is 33.9 Å². The lowest BCUT2D eigenvalue weighted by Gasteiger charge is -2.25. The number of carbonyl (C=O) groups excluding carboxylic acids is 3. The average molecular weight is 624 g/mol. The molecule has 1 amide bonds. The van der Waals surface area contributed by atoms with Crippen molar-refractivity contribution in [2.24, 2.45) is 4.99 Å². The van der Waals surface area contributed by atoms with Crippen LogP contribution in [0.1, 0.15) is 42.1 Å². The van der Waals surface area contributed by atoms with Crippen LogP contribution in [0.3, 0.4) is 0 Å². The minimum absolute atomic E-state index is 0.155. The summed E-state index contributed by atoms with van der Waals surface area (Å²) in [5, 5.41) is 0. The van der Waals surface area contributed by atoms with Gasteiger partial charge in [0.1, 0.15) is 4.53 Å². The molecule has 0 spiro atoms. The molecule has 228 valence electrons. The summed E-state index contributed by atoms with van der Waals surface area (Å²) in [6.45, 7) is 5.28. The van der Waals surface area contributed by atoms with Crippen LogP contribution in [-0.4, -0.2) is 36.6 Å². The number of allylic oxidation sites excluding steroid dienone is 1. The van der Waals surface area contributed by atoms with Crippen molar-refractivity contribution in [2.45, 2.75) is 33.4 Å². The van der Waals surface area contributed by atoms with Crippen molar-refractivity contribution >= 4 is 40.4 Å². The van der Waals surface area contributed by atoms with Crippen LogP contribution in [0.4, 0.5) is 5.69 Å². The van der Waals surface area contributed by atoms with Crippen LogP contribution in [0.5, 0.6) is 11.5 Å². The number of carbonyl (C=O) groups is 3. The number of thiazole rings is 1. The zero-order valence-electron chi connectivity index (χ0n) is 25.2. The van der Waals surface area contributed by atoms with Gasteiger partial charge in [0.2, 0.25) is 0 Å². The molecule has 11 heteroatoms. The van der Waals surface area contributed by atoms with Gasteiger partial charge < -0.3 is 19.1 Å². The van der Waals surface area contributed by atoms with Gasteiger partial charge in [-0.1, -0.05) is 65.4 Å². The number of para-hydroxylation sites is 1. The van der Waals surface area contributed by atoms with Gasteiger partial charge in [0, 0.05) is 12.5 Å². The third kappa shape index (κ3) is 5.14. The van der Waals surface area contributed by atoms with Crippen molar-refractivity contribution in [3.05, 3.63) is 120 Å². The second-order valence-corrected chi connectivity index (χ2v) is 11.6. The van der Waals surface area contributed by atoms with Crippen molar-refractivity contribution in [2.75, 3.05) is 19.1 Å². The summed E-state index contributed by atoms with van der Waals surface area (Å²) in [5.41, 5.74) is 4.24. The van der Waals surface area contributed by atoms with Crippen molar-refractivity contribution in [1.29, 1.82) is 0 Å². The van der Waals surface area contributed by atoms with E-state index in [-0.39, 0.29) is 33.1 Å². The van der Waals surface area contributed by atoms with E-state index in [1.165, 1.54) is 31.8 Å². The van der Waals surface area contributed by atoms with Gasteiger partial charge >= 0.3 is 11.9 Å². The molecular weight excluding hydrogens is 594 g/mol. The monoisotopic (exact) mass is 623 g/mol. The maximum atomic E-state index is 14.4. The Morgan fingerprint density at radius 1 is 0.956 bits per heavy atom. The van der Waals surface area contributed by atoms with Crippen molar-refractivity contribution in [3.63, 3.8) is 0 Å². The van der Waals surface area contributed by atoms with Crippen LogP contribution in [-0.2, 0) is 25.7 Å². The quantitative estimate of drug-likeness (QED) is 0.238. The molecule has 0 N–H and O–H groups in total.